The van der Waals surface area contributed by atoms with Crippen LogP contribution in [0, 0.1) is 24.6 Å². The molecular formula is C14H17FN2O3S. The molecule has 2 atom stereocenters. The second-order valence-electron chi connectivity index (χ2n) is 5.76. The molecule has 2 aliphatic rings. The number of nitrogens with zero attached hydrogens (tertiary/aromatic N) is 1. The lowest BCUT2D eigenvalue weighted by molar-refractivity contribution is -0.124. The van der Waals surface area contributed by atoms with Crippen LogP contribution in [0.1, 0.15) is 12.0 Å². The molecule has 114 valence electrons. The number of halogens is 1. The molecule has 1 amide bonds. The Bertz CT molecular complexity index is 689. The van der Waals surface area contributed by atoms with E-state index in [-0.39, 0.29) is 22.6 Å². The minimum absolute atomic E-state index is 0.0245. The highest BCUT2D eigenvalue weighted by Crippen LogP contribution is 2.32. The lowest BCUT2D eigenvalue weighted by Crippen LogP contribution is -2.40. The Labute approximate surface area is 123 Å². The Morgan fingerprint density at radius 1 is 1.29 bits per heavy atom. The minimum Gasteiger partial charge on any atom is -0.356 e. The number of sulfonamides is 1. The molecule has 0 spiro atoms. The number of benzene rings is 1. The lowest BCUT2D eigenvalue weighted by Gasteiger charge is -2.23. The van der Waals surface area contributed by atoms with Gasteiger partial charge in [-0.25, -0.2) is 12.8 Å². The van der Waals surface area contributed by atoms with E-state index >= 15 is 0 Å². The molecule has 1 aromatic rings. The van der Waals surface area contributed by atoms with E-state index in [0.717, 1.165) is 6.07 Å². The molecule has 0 aromatic heterocycles. The van der Waals surface area contributed by atoms with Crippen molar-refractivity contribution < 1.29 is 17.6 Å². The van der Waals surface area contributed by atoms with Gasteiger partial charge < -0.3 is 5.32 Å². The van der Waals surface area contributed by atoms with E-state index in [2.05, 4.69) is 5.32 Å². The van der Waals surface area contributed by atoms with Gasteiger partial charge in [0.25, 0.3) is 0 Å². The van der Waals surface area contributed by atoms with E-state index in [1.807, 2.05) is 0 Å². The summed E-state index contributed by atoms with van der Waals surface area (Å²) < 4.78 is 40.1. The van der Waals surface area contributed by atoms with Gasteiger partial charge in [0.05, 0.1) is 4.90 Å². The third kappa shape index (κ3) is 2.55. The molecule has 2 fully saturated rings. The van der Waals surface area contributed by atoms with Crippen LogP contribution in [0.15, 0.2) is 23.1 Å². The van der Waals surface area contributed by atoms with Crippen LogP contribution in [0.3, 0.4) is 0 Å². The molecule has 3 rings (SSSR count). The first kappa shape index (κ1) is 14.5. The predicted octanol–water partition coefficient (Wildman–Crippen LogP) is 0.891. The Morgan fingerprint density at radius 2 is 2.00 bits per heavy atom. The van der Waals surface area contributed by atoms with Crippen molar-refractivity contribution in [3.8, 4) is 0 Å². The van der Waals surface area contributed by atoms with Crippen LogP contribution in [-0.2, 0) is 14.8 Å². The van der Waals surface area contributed by atoms with Gasteiger partial charge in [-0.15, -0.1) is 0 Å². The molecule has 0 unspecified atom stereocenters. The highest BCUT2D eigenvalue weighted by molar-refractivity contribution is 7.89. The topological polar surface area (TPSA) is 66.5 Å². The minimum atomic E-state index is -3.70. The highest BCUT2D eigenvalue weighted by atomic mass is 32.2. The number of carbonyl (C=O) groups is 1. The van der Waals surface area contributed by atoms with Crippen LogP contribution in [0.4, 0.5) is 4.39 Å². The number of amides is 1. The molecule has 1 aromatic carbocycles. The molecule has 0 radical (unpaired) electrons. The fourth-order valence-electron chi connectivity index (χ4n) is 2.99. The zero-order chi connectivity index (χ0) is 15.2. The smallest absolute Gasteiger partial charge is 0.243 e. The van der Waals surface area contributed by atoms with Crippen molar-refractivity contribution in [1.82, 2.24) is 9.62 Å². The predicted molar refractivity (Wildman–Crippen MR) is 74.5 cm³/mol. The monoisotopic (exact) mass is 312 g/mol. The molecule has 2 saturated heterocycles. The molecule has 0 bridgehead atoms. The van der Waals surface area contributed by atoms with E-state index < -0.39 is 15.8 Å². The first-order valence-electron chi connectivity index (χ1n) is 6.91. The summed E-state index contributed by atoms with van der Waals surface area (Å²) in [5.41, 5.74) is 0.416. The summed E-state index contributed by atoms with van der Waals surface area (Å²) in [6.45, 7) is 2.81. The van der Waals surface area contributed by atoms with Gasteiger partial charge in [-0.3, -0.25) is 4.79 Å². The second kappa shape index (κ2) is 5.06. The average Bonchev–Trinajstić information content (AvgIpc) is 2.85. The van der Waals surface area contributed by atoms with Crippen molar-refractivity contribution in [2.24, 2.45) is 11.8 Å². The van der Waals surface area contributed by atoms with E-state index in [1.165, 1.54) is 16.4 Å². The maximum absolute atomic E-state index is 13.6. The summed E-state index contributed by atoms with van der Waals surface area (Å²) in [6, 6.07) is 3.96. The molecule has 7 heteroatoms. The van der Waals surface area contributed by atoms with E-state index in [0.29, 0.717) is 31.6 Å². The van der Waals surface area contributed by atoms with Crippen LogP contribution >= 0.6 is 0 Å². The number of carbonyl (C=O) groups excluding carboxylic acids is 1. The number of rotatable bonds is 2. The summed E-state index contributed by atoms with van der Waals surface area (Å²) in [7, 11) is -3.70. The molecule has 21 heavy (non-hydrogen) atoms. The largest absolute Gasteiger partial charge is 0.356 e. The fraction of sp³-hybridized carbons (Fsp3) is 0.500. The van der Waals surface area contributed by atoms with Crippen LogP contribution in [0.25, 0.3) is 0 Å². The summed E-state index contributed by atoms with van der Waals surface area (Å²) in [4.78, 5) is 11.4. The number of hydrogen-bond donors (Lipinski definition) is 1. The Morgan fingerprint density at radius 3 is 2.71 bits per heavy atom. The standard InChI is InChI=1S/C14H17FN2O3S/c1-9-2-3-12(5-13(9)15)21(19,20)17-7-10-4-14(18)16-6-11(10)8-17/h2-3,5,10-11H,4,6-8H2,1H3,(H,16,18)/t10-,11+/m1/s1. The summed E-state index contributed by atoms with van der Waals surface area (Å²) in [5, 5.41) is 2.76. The maximum atomic E-state index is 13.6. The molecule has 5 nitrogen and oxygen atoms in total. The van der Waals surface area contributed by atoms with Gasteiger partial charge in [0.1, 0.15) is 5.82 Å². The molecule has 1 N–H and O–H groups in total. The van der Waals surface area contributed by atoms with E-state index in [4.69, 9.17) is 0 Å². The molecular weight excluding hydrogens is 295 g/mol. The van der Waals surface area contributed by atoms with Gasteiger partial charge >= 0.3 is 0 Å². The lowest BCUT2D eigenvalue weighted by atomic mass is 9.89. The summed E-state index contributed by atoms with van der Waals surface area (Å²) in [5.74, 6) is -0.349. The summed E-state index contributed by atoms with van der Waals surface area (Å²) in [6.07, 6.45) is 0.360. The SMILES string of the molecule is Cc1ccc(S(=O)(=O)N2C[C@H]3CC(=O)NC[C@H]3C2)cc1F. The van der Waals surface area contributed by atoms with Crippen molar-refractivity contribution in [2.75, 3.05) is 19.6 Å². The van der Waals surface area contributed by atoms with Crippen LogP contribution in [0.2, 0.25) is 0 Å². The highest BCUT2D eigenvalue weighted by Gasteiger charge is 2.42. The van der Waals surface area contributed by atoms with Gasteiger partial charge in [0.15, 0.2) is 0 Å². The zero-order valence-corrected chi connectivity index (χ0v) is 12.5. The Hall–Kier alpha value is -1.47. The van der Waals surface area contributed by atoms with E-state index in [1.54, 1.807) is 6.92 Å². The van der Waals surface area contributed by atoms with Crippen molar-refractivity contribution >= 4 is 15.9 Å². The second-order valence-corrected chi connectivity index (χ2v) is 7.70. The van der Waals surface area contributed by atoms with Crippen LogP contribution in [-0.4, -0.2) is 38.3 Å². The quantitative estimate of drug-likeness (QED) is 0.882. The summed E-state index contributed by atoms with van der Waals surface area (Å²) >= 11 is 0. The Kier molecular flexibility index (Phi) is 3.49. The van der Waals surface area contributed by atoms with Crippen LogP contribution < -0.4 is 5.32 Å². The third-order valence-electron chi connectivity index (χ3n) is 4.33. The molecule has 2 heterocycles. The van der Waals surface area contributed by atoms with Gasteiger partial charge in [0, 0.05) is 26.1 Å². The molecule has 2 aliphatic heterocycles. The third-order valence-corrected chi connectivity index (χ3v) is 6.16. The Balaban J connectivity index is 1.86. The average molecular weight is 312 g/mol. The first-order valence-corrected chi connectivity index (χ1v) is 8.35. The number of piperidine rings is 1. The molecule has 0 saturated carbocycles. The van der Waals surface area contributed by atoms with E-state index in [9.17, 15) is 17.6 Å². The fourth-order valence-corrected chi connectivity index (χ4v) is 4.56. The van der Waals surface area contributed by atoms with Crippen molar-refractivity contribution in [1.29, 1.82) is 0 Å². The van der Waals surface area contributed by atoms with Gasteiger partial charge in [-0.2, -0.15) is 4.31 Å². The van der Waals surface area contributed by atoms with Crippen molar-refractivity contribution in [3.05, 3.63) is 29.6 Å². The van der Waals surface area contributed by atoms with Gasteiger partial charge in [-0.1, -0.05) is 6.07 Å². The van der Waals surface area contributed by atoms with Crippen molar-refractivity contribution in [2.45, 2.75) is 18.2 Å². The zero-order valence-electron chi connectivity index (χ0n) is 11.7. The number of fused-ring (bicyclic) bond motifs is 1. The number of nitrogens with one attached hydrogen (secondary N) is 1. The first-order chi connectivity index (χ1) is 9.88. The number of hydrogen-bond acceptors (Lipinski definition) is 3. The van der Waals surface area contributed by atoms with Gasteiger partial charge in [-0.05, 0) is 36.5 Å². The maximum Gasteiger partial charge on any atom is 0.243 e. The van der Waals surface area contributed by atoms with Gasteiger partial charge in [0.2, 0.25) is 15.9 Å². The normalized spacial score (nSPS) is 26.5. The van der Waals surface area contributed by atoms with Crippen LogP contribution in [0.5, 0.6) is 0 Å². The number of aryl methyl sites for hydroxylation is 1. The van der Waals surface area contributed by atoms with Crippen molar-refractivity contribution in [3.63, 3.8) is 0 Å². The molecule has 0 aliphatic carbocycles.